The van der Waals surface area contributed by atoms with Gasteiger partial charge in [0, 0.05) is 22.5 Å². The number of hydrogen-bond donors (Lipinski definition) is 1. The van der Waals surface area contributed by atoms with E-state index in [9.17, 15) is 4.79 Å². The SMILES string of the molecule is O=C(c1cc(S)ccc1Br)N1CCCC1. The van der Waals surface area contributed by atoms with Crippen LogP contribution in [0.15, 0.2) is 27.6 Å². The van der Waals surface area contributed by atoms with Gasteiger partial charge in [-0.25, -0.2) is 0 Å². The molecule has 80 valence electrons. The van der Waals surface area contributed by atoms with Crippen LogP contribution in [0.3, 0.4) is 0 Å². The van der Waals surface area contributed by atoms with Gasteiger partial charge in [0.15, 0.2) is 0 Å². The molecule has 1 aromatic rings. The first kappa shape index (κ1) is 11.0. The number of thiol groups is 1. The molecule has 0 radical (unpaired) electrons. The summed E-state index contributed by atoms with van der Waals surface area (Å²) in [6, 6.07) is 5.55. The van der Waals surface area contributed by atoms with E-state index in [0.29, 0.717) is 5.56 Å². The molecule has 0 unspecified atom stereocenters. The molecule has 1 aliphatic heterocycles. The number of nitrogens with zero attached hydrogens (tertiary/aromatic N) is 1. The van der Waals surface area contributed by atoms with Crippen molar-refractivity contribution in [2.45, 2.75) is 17.7 Å². The van der Waals surface area contributed by atoms with Crippen LogP contribution in [0.25, 0.3) is 0 Å². The number of benzene rings is 1. The number of halogens is 1. The summed E-state index contributed by atoms with van der Waals surface area (Å²) < 4.78 is 0.845. The van der Waals surface area contributed by atoms with Crippen LogP contribution < -0.4 is 0 Å². The quantitative estimate of drug-likeness (QED) is 0.787. The summed E-state index contributed by atoms with van der Waals surface area (Å²) in [7, 11) is 0. The Hall–Kier alpha value is -0.480. The molecule has 2 rings (SSSR count). The molecule has 1 heterocycles. The Labute approximate surface area is 103 Å². The van der Waals surface area contributed by atoms with Gasteiger partial charge >= 0.3 is 0 Å². The van der Waals surface area contributed by atoms with Crippen molar-refractivity contribution >= 4 is 34.5 Å². The molecule has 0 spiro atoms. The van der Waals surface area contributed by atoms with Gasteiger partial charge in [0.1, 0.15) is 0 Å². The molecule has 1 aliphatic rings. The number of carbonyl (C=O) groups excluding carboxylic acids is 1. The van der Waals surface area contributed by atoms with Crippen molar-refractivity contribution in [3.63, 3.8) is 0 Å². The first-order valence-electron chi connectivity index (χ1n) is 4.96. The molecule has 2 nitrogen and oxygen atoms in total. The molecular weight excluding hydrogens is 274 g/mol. The third-order valence-corrected chi connectivity index (χ3v) is 3.54. The summed E-state index contributed by atoms with van der Waals surface area (Å²) in [5.41, 5.74) is 0.712. The van der Waals surface area contributed by atoms with Crippen LogP contribution in [0.2, 0.25) is 0 Å². The largest absolute Gasteiger partial charge is 0.339 e. The lowest BCUT2D eigenvalue weighted by molar-refractivity contribution is 0.0791. The van der Waals surface area contributed by atoms with Crippen LogP contribution in [0.4, 0.5) is 0 Å². The topological polar surface area (TPSA) is 20.3 Å². The van der Waals surface area contributed by atoms with E-state index < -0.39 is 0 Å². The van der Waals surface area contributed by atoms with Crippen LogP contribution in [0.5, 0.6) is 0 Å². The van der Waals surface area contributed by atoms with Gasteiger partial charge < -0.3 is 4.90 Å². The lowest BCUT2D eigenvalue weighted by atomic mass is 10.2. The minimum atomic E-state index is 0.107. The van der Waals surface area contributed by atoms with Crippen molar-refractivity contribution in [2.75, 3.05) is 13.1 Å². The third kappa shape index (κ3) is 2.37. The molecule has 1 amide bonds. The molecule has 0 bridgehead atoms. The van der Waals surface area contributed by atoms with Crippen LogP contribution >= 0.6 is 28.6 Å². The number of likely N-dealkylation sites (tertiary alicyclic amines) is 1. The molecule has 15 heavy (non-hydrogen) atoms. The van der Waals surface area contributed by atoms with Crippen molar-refractivity contribution < 1.29 is 4.79 Å². The lowest BCUT2D eigenvalue weighted by Gasteiger charge is -2.16. The normalized spacial score (nSPS) is 15.7. The van der Waals surface area contributed by atoms with E-state index in [2.05, 4.69) is 28.6 Å². The van der Waals surface area contributed by atoms with Gasteiger partial charge in [0.25, 0.3) is 5.91 Å². The summed E-state index contributed by atoms with van der Waals surface area (Å²) >= 11 is 7.64. The second-order valence-electron chi connectivity index (χ2n) is 3.66. The number of amides is 1. The van der Waals surface area contributed by atoms with Crippen LogP contribution in [-0.4, -0.2) is 23.9 Å². The highest BCUT2D eigenvalue weighted by Crippen LogP contribution is 2.23. The van der Waals surface area contributed by atoms with Gasteiger partial charge in [-0.3, -0.25) is 4.79 Å². The van der Waals surface area contributed by atoms with Crippen molar-refractivity contribution in [1.29, 1.82) is 0 Å². The molecule has 0 aliphatic carbocycles. The average Bonchev–Trinajstić information content (AvgIpc) is 2.74. The molecule has 0 saturated carbocycles. The van der Waals surface area contributed by atoms with E-state index in [1.54, 1.807) is 0 Å². The summed E-state index contributed by atoms with van der Waals surface area (Å²) in [5.74, 6) is 0.107. The first-order valence-corrected chi connectivity index (χ1v) is 6.20. The molecule has 1 saturated heterocycles. The Morgan fingerprint density at radius 1 is 1.33 bits per heavy atom. The number of carbonyl (C=O) groups is 1. The Bertz CT molecular complexity index is 388. The zero-order chi connectivity index (χ0) is 10.8. The van der Waals surface area contributed by atoms with Crippen LogP contribution in [0.1, 0.15) is 23.2 Å². The van der Waals surface area contributed by atoms with E-state index in [1.807, 2.05) is 23.1 Å². The predicted octanol–water partition coefficient (Wildman–Crippen LogP) is 2.97. The van der Waals surface area contributed by atoms with E-state index in [0.717, 1.165) is 35.3 Å². The molecule has 0 N–H and O–H groups in total. The highest BCUT2D eigenvalue weighted by atomic mass is 79.9. The molecule has 0 aromatic heterocycles. The molecule has 4 heteroatoms. The van der Waals surface area contributed by atoms with Gasteiger partial charge in [0.05, 0.1) is 5.56 Å². The van der Waals surface area contributed by atoms with Gasteiger partial charge in [-0.2, -0.15) is 0 Å². The monoisotopic (exact) mass is 285 g/mol. The molecular formula is C11H12BrNOS. The molecule has 1 aromatic carbocycles. The number of hydrogen-bond acceptors (Lipinski definition) is 2. The fourth-order valence-corrected chi connectivity index (χ4v) is 2.39. The summed E-state index contributed by atoms with van der Waals surface area (Å²) in [6.45, 7) is 1.75. The highest BCUT2D eigenvalue weighted by Gasteiger charge is 2.21. The predicted molar refractivity (Wildman–Crippen MR) is 66.5 cm³/mol. The van der Waals surface area contributed by atoms with Crippen LogP contribution in [-0.2, 0) is 0 Å². The Kier molecular flexibility index (Phi) is 3.36. The number of rotatable bonds is 1. The standard InChI is InChI=1S/C11H12BrNOS/c12-10-4-3-8(15)7-9(10)11(14)13-5-1-2-6-13/h3-4,7,15H,1-2,5-6H2. The van der Waals surface area contributed by atoms with Crippen LogP contribution in [0, 0.1) is 0 Å². The van der Waals surface area contributed by atoms with Crippen molar-refractivity contribution in [3.05, 3.63) is 28.2 Å². The van der Waals surface area contributed by atoms with Crippen molar-refractivity contribution in [2.24, 2.45) is 0 Å². The van der Waals surface area contributed by atoms with Gasteiger partial charge in [-0.15, -0.1) is 12.6 Å². The van der Waals surface area contributed by atoms with E-state index in [-0.39, 0.29) is 5.91 Å². The third-order valence-electron chi connectivity index (χ3n) is 2.57. The Balaban J connectivity index is 2.27. The smallest absolute Gasteiger partial charge is 0.255 e. The highest BCUT2D eigenvalue weighted by molar-refractivity contribution is 9.10. The van der Waals surface area contributed by atoms with Gasteiger partial charge in [0.2, 0.25) is 0 Å². The zero-order valence-corrected chi connectivity index (χ0v) is 10.7. The summed E-state index contributed by atoms with van der Waals surface area (Å²) in [6.07, 6.45) is 2.23. The minimum Gasteiger partial charge on any atom is -0.339 e. The van der Waals surface area contributed by atoms with Gasteiger partial charge in [-0.1, -0.05) is 0 Å². The maximum absolute atomic E-state index is 12.1. The fraction of sp³-hybridized carbons (Fsp3) is 0.364. The van der Waals surface area contributed by atoms with Gasteiger partial charge in [-0.05, 0) is 47.0 Å². The van der Waals surface area contributed by atoms with Crippen molar-refractivity contribution in [1.82, 2.24) is 4.90 Å². The van der Waals surface area contributed by atoms with E-state index in [1.165, 1.54) is 0 Å². The van der Waals surface area contributed by atoms with Crippen molar-refractivity contribution in [3.8, 4) is 0 Å². The second-order valence-corrected chi connectivity index (χ2v) is 5.03. The fourth-order valence-electron chi connectivity index (χ4n) is 1.77. The first-order chi connectivity index (χ1) is 7.18. The molecule has 0 atom stereocenters. The second kappa shape index (κ2) is 4.58. The Morgan fingerprint density at radius 3 is 2.67 bits per heavy atom. The zero-order valence-electron chi connectivity index (χ0n) is 8.24. The lowest BCUT2D eigenvalue weighted by Crippen LogP contribution is -2.27. The summed E-state index contributed by atoms with van der Waals surface area (Å²) in [5, 5.41) is 0. The van der Waals surface area contributed by atoms with E-state index >= 15 is 0 Å². The molecule has 1 fully saturated rings. The minimum absolute atomic E-state index is 0.107. The Morgan fingerprint density at radius 2 is 2.00 bits per heavy atom. The maximum Gasteiger partial charge on any atom is 0.255 e. The average molecular weight is 286 g/mol. The maximum atomic E-state index is 12.1. The van der Waals surface area contributed by atoms with E-state index in [4.69, 9.17) is 0 Å². The summed E-state index contributed by atoms with van der Waals surface area (Å²) in [4.78, 5) is 14.8.